The van der Waals surface area contributed by atoms with Crippen LogP contribution in [-0.4, -0.2) is 23.2 Å². The zero-order valence-electron chi connectivity index (χ0n) is 31.0. The van der Waals surface area contributed by atoms with Crippen molar-refractivity contribution in [3.05, 3.63) is 139 Å². The second kappa shape index (κ2) is 16.9. The van der Waals surface area contributed by atoms with Crippen LogP contribution in [0.15, 0.2) is 120 Å². The molecule has 0 spiro atoms. The van der Waals surface area contributed by atoms with Crippen LogP contribution in [0.2, 0.25) is 17.3 Å². The van der Waals surface area contributed by atoms with E-state index in [4.69, 9.17) is 9.40 Å². The van der Waals surface area contributed by atoms with Crippen LogP contribution < -0.4 is 4.40 Å². The van der Waals surface area contributed by atoms with E-state index < -0.39 is 13.3 Å². The molecule has 0 atom stereocenters. The van der Waals surface area contributed by atoms with Crippen molar-refractivity contribution in [3.63, 3.8) is 0 Å². The first-order valence-electron chi connectivity index (χ1n) is 18.6. The van der Waals surface area contributed by atoms with Crippen LogP contribution in [0.3, 0.4) is 0 Å². The van der Waals surface area contributed by atoms with Crippen LogP contribution in [0.4, 0.5) is 0 Å². The summed E-state index contributed by atoms with van der Waals surface area (Å²) in [5, 5.41) is 2.25. The number of rotatable bonds is 7. The number of benzene rings is 4. The SMILES string of the molecule is CC(C)c1cc[c-]c(-c2cc[c]([Ge]([CH3])([CH3])[CH3])cn2)c1.[Ir].[c-]1ccc2c(oc3cc(-c4ccccc4)ccc32)c1-c1cc(CC2CCCCC2)ccn1. The van der Waals surface area contributed by atoms with Crippen LogP contribution in [0.25, 0.3) is 55.6 Å². The smallest absolute Gasteiger partial charge is 0.121 e. The number of pyridine rings is 2. The molecular weight excluding hydrogens is 873 g/mol. The molecule has 1 fully saturated rings. The van der Waals surface area contributed by atoms with Gasteiger partial charge in [0, 0.05) is 31.7 Å². The molecule has 3 nitrogen and oxygen atoms in total. The van der Waals surface area contributed by atoms with Gasteiger partial charge in [-0.2, -0.15) is 0 Å². The Morgan fingerprint density at radius 1 is 0.750 bits per heavy atom. The Morgan fingerprint density at radius 2 is 1.54 bits per heavy atom. The number of aromatic nitrogens is 2. The Balaban J connectivity index is 0.000000200. The van der Waals surface area contributed by atoms with Crippen molar-refractivity contribution in [2.45, 2.75) is 75.6 Å². The predicted molar refractivity (Wildman–Crippen MR) is 217 cm³/mol. The van der Waals surface area contributed by atoms with Crippen molar-refractivity contribution in [2.75, 3.05) is 0 Å². The van der Waals surface area contributed by atoms with Gasteiger partial charge in [-0.05, 0) is 41.3 Å². The van der Waals surface area contributed by atoms with Gasteiger partial charge in [0.25, 0.3) is 0 Å². The Morgan fingerprint density at radius 3 is 2.27 bits per heavy atom. The van der Waals surface area contributed by atoms with Crippen LogP contribution in [0.1, 0.15) is 63.0 Å². The Bertz CT molecular complexity index is 2230. The van der Waals surface area contributed by atoms with Crippen molar-refractivity contribution in [1.29, 1.82) is 0 Å². The molecule has 1 saturated carbocycles. The maximum absolute atomic E-state index is 6.42. The summed E-state index contributed by atoms with van der Waals surface area (Å²) in [6.45, 7) is 4.42. The monoisotopic (exact) mass is 923 g/mol. The van der Waals surface area contributed by atoms with Crippen LogP contribution in [0, 0.1) is 18.1 Å². The van der Waals surface area contributed by atoms with Gasteiger partial charge < -0.3 is 9.40 Å². The summed E-state index contributed by atoms with van der Waals surface area (Å²) < 4.78 is 7.87. The molecule has 5 heteroatoms. The topological polar surface area (TPSA) is 38.9 Å². The van der Waals surface area contributed by atoms with E-state index >= 15 is 0 Å². The van der Waals surface area contributed by atoms with E-state index in [0.717, 1.165) is 62.4 Å². The van der Waals surface area contributed by atoms with Crippen molar-refractivity contribution in [1.82, 2.24) is 9.97 Å². The van der Waals surface area contributed by atoms with E-state index in [0.29, 0.717) is 5.92 Å². The predicted octanol–water partition coefficient (Wildman–Crippen LogP) is 12.5. The van der Waals surface area contributed by atoms with Gasteiger partial charge in [-0.3, -0.25) is 0 Å². The van der Waals surface area contributed by atoms with Gasteiger partial charge in [-0.15, -0.1) is 18.2 Å². The molecule has 1 radical (unpaired) electrons. The van der Waals surface area contributed by atoms with Crippen LogP contribution >= 0.6 is 0 Å². The molecule has 0 aliphatic heterocycles. The number of hydrogen-bond donors (Lipinski definition) is 0. The second-order valence-electron chi connectivity index (χ2n) is 15.4. The molecule has 4 aromatic carbocycles. The average molecular weight is 922 g/mol. The van der Waals surface area contributed by atoms with Gasteiger partial charge in [0.15, 0.2) is 0 Å². The maximum Gasteiger partial charge on any atom is 0.121 e. The van der Waals surface area contributed by atoms with Gasteiger partial charge >= 0.3 is 119 Å². The largest absolute Gasteiger partial charge is 0.501 e. The third kappa shape index (κ3) is 8.85. The third-order valence-corrected chi connectivity index (χ3v) is 14.5. The summed E-state index contributed by atoms with van der Waals surface area (Å²) >= 11 is -1.75. The number of hydrogen-bond acceptors (Lipinski definition) is 3. The standard InChI is InChI=1S/C30H26NO.C17H22GeN.Ir/c1-3-8-21(9-4-1)18-22-16-17-31-28(19-22)27-13-7-12-26-25-15-14-24(20-29(25)32-30(26)27)23-10-5-2-6-11-23;1-13(2)14-7-6-8-15(11-14)17-10-9-16(12-19-17)18(3,4)5;/h2,5-7,10-12,14-17,19-21H,1,3-4,8-9,18H2;6-7,9-13H,1-5H3;/q2*-1;. The van der Waals surface area contributed by atoms with Gasteiger partial charge in [0.2, 0.25) is 0 Å². The van der Waals surface area contributed by atoms with Crippen molar-refractivity contribution in [2.24, 2.45) is 5.92 Å². The second-order valence-corrected chi connectivity index (χ2v) is 26.1. The van der Waals surface area contributed by atoms with Crippen molar-refractivity contribution < 1.29 is 24.5 Å². The van der Waals surface area contributed by atoms with Gasteiger partial charge in [0.1, 0.15) is 5.58 Å². The molecule has 0 saturated heterocycles. The van der Waals surface area contributed by atoms with Crippen molar-refractivity contribution >= 4 is 39.6 Å². The summed E-state index contributed by atoms with van der Waals surface area (Å²) in [6, 6.07) is 42.8. The molecule has 1 aliphatic rings. The van der Waals surface area contributed by atoms with Crippen LogP contribution in [-0.2, 0) is 26.5 Å². The fourth-order valence-electron chi connectivity index (χ4n) is 7.19. The summed E-state index contributed by atoms with van der Waals surface area (Å²) in [6.07, 6.45) is 12.0. The Hall–Kier alpha value is -3.83. The molecule has 0 bridgehead atoms. The van der Waals surface area contributed by atoms with E-state index in [1.54, 1.807) is 0 Å². The first-order valence-corrected chi connectivity index (χ1v) is 25.9. The molecule has 7 aromatic rings. The average Bonchev–Trinajstić information content (AvgIpc) is 3.54. The van der Waals surface area contributed by atoms with Gasteiger partial charge in [-0.1, -0.05) is 97.1 Å². The molecule has 3 aromatic heterocycles. The normalized spacial score (nSPS) is 13.5. The third-order valence-electron chi connectivity index (χ3n) is 10.3. The molecule has 1 aliphatic carbocycles. The Labute approximate surface area is 326 Å². The minimum absolute atomic E-state index is 0. The maximum atomic E-state index is 6.42. The number of fused-ring (bicyclic) bond motifs is 3. The summed E-state index contributed by atoms with van der Waals surface area (Å²) in [5.74, 6) is 8.52. The minimum atomic E-state index is -1.75. The Kier molecular flexibility index (Phi) is 12.3. The zero-order valence-corrected chi connectivity index (χ0v) is 35.5. The van der Waals surface area contributed by atoms with Gasteiger partial charge in [0.05, 0.1) is 5.58 Å². The molecule has 0 amide bonds. The van der Waals surface area contributed by atoms with E-state index in [1.165, 1.54) is 53.2 Å². The molecule has 8 rings (SSSR count). The van der Waals surface area contributed by atoms with Crippen molar-refractivity contribution in [3.8, 4) is 33.6 Å². The first kappa shape index (κ1) is 37.9. The molecule has 267 valence electrons. The molecule has 52 heavy (non-hydrogen) atoms. The van der Waals surface area contributed by atoms with E-state index in [1.807, 2.05) is 24.4 Å². The van der Waals surface area contributed by atoms with Crippen LogP contribution in [0.5, 0.6) is 0 Å². The first-order chi connectivity index (χ1) is 24.7. The summed E-state index contributed by atoms with van der Waals surface area (Å²) in [4.78, 5) is 9.33. The molecule has 3 heterocycles. The summed E-state index contributed by atoms with van der Waals surface area (Å²) in [7, 11) is 0. The minimum Gasteiger partial charge on any atom is -0.501 e. The van der Waals surface area contributed by atoms with E-state index in [9.17, 15) is 0 Å². The fourth-order valence-corrected chi connectivity index (χ4v) is 9.36. The number of nitrogens with zero attached hydrogens (tertiary/aromatic N) is 2. The summed E-state index contributed by atoms with van der Waals surface area (Å²) in [5.41, 5.74) is 10.9. The molecule has 0 N–H and O–H groups in total. The zero-order chi connectivity index (χ0) is 35.4. The molecule has 0 unspecified atom stereocenters. The fraction of sp³-hybridized carbons (Fsp3) is 0.277. The number of furan rings is 1. The van der Waals surface area contributed by atoms with E-state index in [-0.39, 0.29) is 20.1 Å². The van der Waals surface area contributed by atoms with E-state index in [2.05, 4.69) is 139 Å². The molecular formula is C47H48GeIrN2O-2. The quantitative estimate of drug-likeness (QED) is 0.118. The van der Waals surface area contributed by atoms with Gasteiger partial charge in [-0.25, -0.2) is 0 Å².